The van der Waals surface area contributed by atoms with Crippen molar-refractivity contribution in [1.82, 2.24) is 4.98 Å². The number of carbonyl (C=O) groups is 1. The number of aryl methyl sites for hydroxylation is 1. The van der Waals surface area contributed by atoms with Gasteiger partial charge in [0.15, 0.2) is 0 Å². The van der Waals surface area contributed by atoms with Crippen molar-refractivity contribution in [2.24, 2.45) is 5.73 Å². The molecule has 0 amide bonds. The summed E-state index contributed by atoms with van der Waals surface area (Å²) in [6.45, 7) is 1.89. The molecule has 3 aromatic rings. The van der Waals surface area contributed by atoms with Gasteiger partial charge in [-0.05, 0) is 18.1 Å². The van der Waals surface area contributed by atoms with E-state index < -0.39 is 17.6 Å². The van der Waals surface area contributed by atoms with E-state index in [4.69, 9.17) is 20.6 Å². The number of nitrogen functional groups attached to an aromatic ring is 1. The second-order valence-electron chi connectivity index (χ2n) is 5.57. The molecule has 2 heterocycles. The topological polar surface area (TPSA) is 121 Å². The van der Waals surface area contributed by atoms with Crippen molar-refractivity contribution in [2.75, 3.05) is 5.73 Å². The predicted octanol–water partition coefficient (Wildman–Crippen LogP) is 2.27. The maximum Gasteiger partial charge on any atom is 0.348 e. The number of nitrogens with two attached hydrogens (primary N) is 2. The summed E-state index contributed by atoms with van der Waals surface area (Å²) in [6.07, 6.45) is -0.145. The maximum absolute atomic E-state index is 12.1. The normalized spacial score (nSPS) is 12.2. The lowest BCUT2D eigenvalue weighted by Gasteiger charge is -2.09. The van der Waals surface area contributed by atoms with E-state index in [9.17, 15) is 9.59 Å². The molecular formula is C17H17N3O4S. The molecule has 1 atom stereocenters. The average molecular weight is 359 g/mol. The highest BCUT2D eigenvalue weighted by Gasteiger charge is 2.20. The minimum Gasteiger partial charge on any atom is -0.461 e. The van der Waals surface area contributed by atoms with Gasteiger partial charge in [-0.1, -0.05) is 41.7 Å². The number of benzene rings is 1. The van der Waals surface area contributed by atoms with E-state index in [1.165, 1.54) is 11.3 Å². The van der Waals surface area contributed by atoms with Crippen LogP contribution in [0.15, 0.2) is 39.5 Å². The van der Waals surface area contributed by atoms with E-state index in [2.05, 4.69) is 4.98 Å². The summed E-state index contributed by atoms with van der Waals surface area (Å²) in [5.41, 5.74) is 12.7. The second-order valence-corrected chi connectivity index (χ2v) is 6.60. The first-order chi connectivity index (χ1) is 12.0. The van der Waals surface area contributed by atoms with Crippen LogP contribution in [0.5, 0.6) is 0 Å². The van der Waals surface area contributed by atoms with E-state index in [0.717, 1.165) is 5.56 Å². The maximum atomic E-state index is 12.1. The molecule has 7 nitrogen and oxygen atoms in total. The molecule has 25 heavy (non-hydrogen) atoms. The molecule has 130 valence electrons. The Morgan fingerprint density at radius 2 is 2.08 bits per heavy atom. The Morgan fingerprint density at radius 1 is 1.36 bits per heavy atom. The van der Waals surface area contributed by atoms with Crippen LogP contribution in [0.2, 0.25) is 0 Å². The zero-order valence-electron chi connectivity index (χ0n) is 13.5. The summed E-state index contributed by atoms with van der Waals surface area (Å²) in [6, 6.07) is 8.43. The number of fused-ring (bicyclic) bond motifs is 1. The third-order valence-corrected chi connectivity index (χ3v) is 4.74. The van der Waals surface area contributed by atoms with Crippen molar-refractivity contribution >= 4 is 32.5 Å². The zero-order valence-corrected chi connectivity index (χ0v) is 14.3. The molecule has 0 aliphatic rings. The number of rotatable bonds is 5. The summed E-state index contributed by atoms with van der Waals surface area (Å²) in [5, 5.41) is 0.855. The summed E-state index contributed by atoms with van der Waals surface area (Å²) >= 11 is 1.19. The smallest absolute Gasteiger partial charge is 0.348 e. The van der Waals surface area contributed by atoms with Crippen LogP contribution in [-0.2, 0) is 16.1 Å². The number of hydrogen-bond acceptors (Lipinski definition) is 8. The highest BCUT2D eigenvalue weighted by Crippen LogP contribution is 2.30. The first-order valence-corrected chi connectivity index (χ1v) is 8.42. The minimum absolute atomic E-state index is 0.00425. The van der Waals surface area contributed by atoms with Crippen LogP contribution >= 0.6 is 11.3 Å². The van der Waals surface area contributed by atoms with E-state index in [-0.39, 0.29) is 18.9 Å². The van der Waals surface area contributed by atoms with Gasteiger partial charge >= 0.3 is 11.6 Å². The monoisotopic (exact) mass is 359 g/mol. The van der Waals surface area contributed by atoms with Crippen LogP contribution in [0.1, 0.15) is 29.5 Å². The lowest BCUT2D eigenvalue weighted by atomic mass is 10.2. The molecule has 0 aliphatic carbocycles. The minimum atomic E-state index is -0.871. The lowest BCUT2D eigenvalue weighted by molar-refractivity contribution is -0.145. The molecule has 1 unspecified atom stereocenters. The second kappa shape index (κ2) is 7.04. The number of esters is 1. The standard InChI is InChI=1S/C17H17N3O4S/c1-9-13-16(25-14(9)19)20-15(24-17(13)22)11(18)7-12(21)23-8-10-5-3-2-4-6-10/h2-6,11H,7-8,18-19H2,1H3. The van der Waals surface area contributed by atoms with Gasteiger partial charge in [-0.25, -0.2) is 9.78 Å². The Hall–Kier alpha value is -2.71. The third-order valence-electron chi connectivity index (χ3n) is 3.72. The molecule has 1 aromatic carbocycles. The van der Waals surface area contributed by atoms with Crippen molar-refractivity contribution in [3.63, 3.8) is 0 Å². The predicted molar refractivity (Wildman–Crippen MR) is 95.1 cm³/mol. The summed E-state index contributed by atoms with van der Waals surface area (Å²) in [4.78, 5) is 28.7. The van der Waals surface area contributed by atoms with Gasteiger partial charge < -0.3 is 20.6 Å². The number of nitrogens with zero attached hydrogens (tertiary/aromatic N) is 1. The van der Waals surface area contributed by atoms with Crippen molar-refractivity contribution in [3.8, 4) is 0 Å². The number of thiophene rings is 1. The van der Waals surface area contributed by atoms with Gasteiger partial charge in [0.05, 0.1) is 17.5 Å². The van der Waals surface area contributed by atoms with Crippen molar-refractivity contribution < 1.29 is 13.9 Å². The fourth-order valence-corrected chi connectivity index (χ4v) is 3.26. The van der Waals surface area contributed by atoms with E-state index >= 15 is 0 Å². The Bertz CT molecular complexity index is 965. The molecule has 0 saturated carbocycles. The van der Waals surface area contributed by atoms with E-state index in [0.29, 0.717) is 20.8 Å². The highest BCUT2D eigenvalue weighted by molar-refractivity contribution is 7.22. The van der Waals surface area contributed by atoms with E-state index in [1.807, 2.05) is 30.3 Å². The summed E-state index contributed by atoms with van der Waals surface area (Å²) in [7, 11) is 0. The van der Waals surface area contributed by atoms with Crippen molar-refractivity contribution in [2.45, 2.75) is 26.0 Å². The molecule has 0 spiro atoms. The zero-order chi connectivity index (χ0) is 18.0. The molecular weight excluding hydrogens is 342 g/mol. The summed E-state index contributed by atoms with van der Waals surface area (Å²) < 4.78 is 10.3. The number of anilines is 1. The SMILES string of the molecule is Cc1c(N)sc2nc(C(N)CC(=O)OCc3ccccc3)oc(=O)c12. The number of hydrogen-bond donors (Lipinski definition) is 2. The van der Waals surface area contributed by atoms with Crippen molar-refractivity contribution in [3.05, 3.63) is 57.8 Å². The van der Waals surface area contributed by atoms with Gasteiger partial charge in [0.1, 0.15) is 16.8 Å². The number of carbonyl (C=O) groups excluding carboxylic acids is 1. The molecule has 0 aliphatic heterocycles. The quantitative estimate of drug-likeness (QED) is 0.670. The molecule has 3 rings (SSSR count). The third kappa shape index (κ3) is 3.70. The molecule has 2 aromatic heterocycles. The van der Waals surface area contributed by atoms with Gasteiger partial charge in [-0.15, -0.1) is 0 Å². The first kappa shape index (κ1) is 17.1. The van der Waals surface area contributed by atoms with Gasteiger partial charge in [0.25, 0.3) is 0 Å². The highest BCUT2D eigenvalue weighted by atomic mass is 32.1. The van der Waals surface area contributed by atoms with Gasteiger partial charge in [0, 0.05) is 0 Å². The van der Waals surface area contributed by atoms with Gasteiger partial charge in [-0.3, -0.25) is 4.79 Å². The Balaban J connectivity index is 1.70. The van der Waals surface area contributed by atoms with Crippen molar-refractivity contribution in [1.29, 1.82) is 0 Å². The molecule has 0 fully saturated rings. The molecule has 0 radical (unpaired) electrons. The Kier molecular flexibility index (Phi) is 4.82. The Morgan fingerprint density at radius 3 is 2.80 bits per heavy atom. The van der Waals surface area contributed by atoms with Crippen LogP contribution in [0.25, 0.3) is 10.2 Å². The first-order valence-electron chi connectivity index (χ1n) is 7.60. The number of ether oxygens (including phenoxy) is 1. The molecule has 4 N–H and O–H groups in total. The lowest BCUT2D eigenvalue weighted by Crippen LogP contribution is -2.20. The van der Waals surface area contributed by atoms with E-state index in [1.54, 1.807) is 6.92 Å². The largest absolute Gasteiger partial charge is 0.461 e. The summed E-state index contributed by atoms with van der Waals surface area (Å²) in [5.74, 6) is -0.502. The van der Waals surface area contributed by atoms with Crippen LogP contribution in [-0.4, -0.2) is 11.0 Å². The van der Waals surface area contributed by atoms with Gasteiger partial charge in [-0.2, -0.15) is 0 Å². The van der Waals surface area contributed by atoms with Gasteiger partial charge in [0.2, 0.25) is 5.89 Å². The molecule has 0 saturated heterocycles. The van der Waals surface area contributed by atoms with Crippen LogP contribution in [0.4, 0.5) is 5.00 Å². The van der Waals surface area contributed by atoms with Crippen LogP contribution in [0.3, 0.4) is 0 Å². The Labute approximate surface area is 147 Å². The fraction of sp³-hybridized carbons (Fsp3) is 0.235. The average Bonchev–Trinajstić information content (AvgIpc) is 2.88. The number of aromatic nitrogens is 1. The van der Waals surface area contributed by atoms with Crippen LogP contribution < -0.4 is 17.1 Å². The molecule has 0 bridgehead atoms. The fourth-order valence-electron chi connectivity index (χ4n) is 2.33. The molecule has 8 heteroatoms. The van der Waals surface area contributed by atoms with Crippen LogP contribution in [0, 0.1) is 6.92 Å².